The van der Waals surface area contributed by atoms with E-state index in [9.17, 15) is 14.7 Å². The Hall–Kier alpha value is -4.78. The zero-order valence-electron chi connectivity index (χ0n) is 21.7. The van der Waals surface area contributed by atoms with Crippen LogP contribution in [-0.4, -0.2) is 29.8 Å². The molecule has 0 radical (unpaired) electrons. The topological polar surface area (TPSA) is 88.1 Å². The van der Waals surface area contributed by atoms with Gasteiger partial charge in [-0.05, 0) is 60.0 Å². The fraction of sp³-hybridized carbons (Fsp3) is 0.188. The smallest absolute Gasteiger partial charge is 0.326 e. The molecule has 0 saturated heterocycles. The highest BCUT2D eigenvalue weighted by Gasteiger charge is 2.21. The highest BCUT2D eigenvalue weighted by Crippen LogP contribution is 2.33. The lowest BCUT2D eigenvalue weighted by Crippen LogP contribution is -2.42. The van der Waals surface area contributed by atoms with E-state index < -0.39 is 17.9 Å². The Kier molecular flexibility index (Phi) is 7.78. The van der Waals surface area contributed by atoms with Gasteiger partial charge in [0.15, 0.2) is 11.5 Å². The first kappa shape index (κ1) is 25.9. The molecule has 0 bridgehead atoms. The number of carboxylic acid groups (broad SMARTS) is 1. The molecule has 7 heteroatoms. The van der Waals surface area contributed by atoms with Crippen LogP contribution < -0.4 is 19.7 Å². The molecule has 0 spiro atoms. The zero-order valence-corrected chi connectivity index (χ0v) is 21.7. The van der Waals surface area contributed by atoms with Crippen molar-refractivity contribution in [1.82, 2.24) is 5.32 Å². The molecule has 0 aliphatic carbocycles. The van der Waals surface area contributed by atoms with Crippen molar-refractivity contribution in [1.29, 1.82) is 0 Å². The van der Waals surface area contributed by atoms with Gasteiger partial charge in [0.2, 0.25) is 6.79 Å². The van der Waals surface area contributed by atoms with Gasteiger partial charge in [-0.1, -0.05) is 66.2 Å². The van der Waals surface area contributed by atoms with Gasteiger partial charge in [0.05, 0.1) is 0 Å². The molecule has 2 N–H and O–H groups in total. The number of aryl methyl sites for hydroxylation is 1. The second-order valence-corrected chi connectivity index (χ2v) is 9.63. The van der Waals surface area contributed by atoms with Crippen molar-refractivity contribution in [3.63, 3.8) is 0 Å². The lowest BCUT2D eigenvalue weighted by molar-refractivity contribution is -0.139. The summed E-state index contributed by atoms with van der Waals surface area (Å²) in [5.74, 6) is 0.0174. The number of carbonyl (C=O) groups is 2. The van der Waals surface area contributed by atoms with E-state index in [2.05, 4.69) is 41.4 Å². The monoisotopic (exact) mass is 522 g/mol. The van der Waals surface area contributed by atoms with Crippen LogP contribution >= 0.6 is 0 Å². The lowest BCUT2D eigenvalue weighted by atomic mass is 10.0. The highest BCUT2D eigenvalue weighted by molar-refractivity contribution is 5.96. The standard InChI is InChI=1S/C32H30N2O5/c1-22-7-14-27(15-8-22)34(20-25-11-16-29-30(18-25)39-21-38-29)19-24-9-12-26(13-10-24)31(35)33-28(32(36)37)17-23-5-3-2-4-6-23/h2-16,18,28H,17,19-21H2,1H3,(H,33,35)(H,36,37). The molecule has 1 heterocycles. The van der Waals surface area contributed by atoms with E-state index in [-0.39, 0.29) is 13.2 Å². The van der Waals surface area contributed by atoms with Crippen molar-refractivity contribution in [3.05, 3.63) is 125 Å². The van der Waals surface area contributed by atoms with E-state index in [4.69, 9.17) is 9.47 Å². The number of fused-ring (bicyclic) bond motifs is 1. The summed E-state index contributed by atoms with van der Waals surface area (Å²) in [6.07, 6.45) is 0.214. The summed E-state index contributed by atoms with van der Waals surface area (Å²) in [4.78, 5) is 26.9. The molecule has 1 aliphatic rings. The van der Waals surface area contributed by atoms with Crippen molar-refractivity contribution in [2.24, 2.45) is 0 Å². The predicted octanol–water partition coefficient (Wildman–Crippen LogP) is 5.36. The molecule has 1 aliphatic heterocycles. The van der Waals surface area contributed by atoms with Gasteiger partial charge in [0.1, 0.15) is 6.04 Å². The number of nitrogens with one attached hydrogen (secondary N) is 1. The Balaban J connectivity index is 1.29. The molecular formula is C32H30N2O5. The number of aliphatic carboxylic acids is 1. The summed E-state index contributed by atoms with van der Waals surface area (Å²) < 4.78 is 11.0. The van der Waals surface area contributed by atoms with Crippen LogP contribution in [0.3, 0.4) is 0 Å². The highest BCUT2D eigenvalue weighted by atomic mass is 16.7. The number of carboxylic acids is 1. The third-order valence-electron chi connectivity index (χ3n) is 6.69. The van der Waals surface area contributed by atoms with Crippen LogP contribution in [-0.2, 0) is 24.3 Å². The van der Waals surface area contributed by atoms with Crippen LogP contribution in [0, 0.1) is 6.92 Å². The molecule has 1 amide bonds. The van der Waals surface area contributed by atoms with Gasteiger partial charge in [-0.15, -0.1) is 0 Å². The fourth-order valence-corrected chi connectivity index (χ4v) is 4.53. The minimum atomic E-state index is -1.07. The van der Waals surface area contributed by atoms with E-state index in [0.29, 0.717) is 18.7 Å². The summed E-state index contributed by atoms with van der Waals surface area (Å²) in [6.45, 7) is 3.57. The lowest BCUT2D eigenvalue weighted by Gasteiger charge is -2.26. The van der Waals surface area contributed by atoms with Gasteiger partial charge in [-0.3, -0.25) is 4.79 Å². The summed E-state index contributed by atoms with van der Waals surface area (Å²) in [5, 5.41) is 12.3. The minimum absolute atomic E-state index is 0.214. The van der Waals surface area contributed by atoms with Gasteiger partial charge >= 0.3 is 5.97 Å². The molecule has 1 atom stereocenters. The van der Waals surface area contributed by atoms with Crippen LogP contribution in [0.2, 0.25) is 0 Å². The van der Waals surface area contributed by atoms with Gasteiger partial charge < -0.3 is 24.8 Å². The van der Waals surface area contributed by atoms with Gasteiger partial charge in [-0.2, -0.15) is 0 Å². The van der Waals surface area contributed by atoms with Crippen molar-refractivity contribution < 1.29 is 24.2 Å². The molecule has 0 fully saturated rings. The van der Waals surface area contributed by atoms with E-state index >= 15 is 0 Å². The number of rotatable bonds is 10. The summed E-state index contributed by atoms with van der Waals surface area (Å²) in [7, 11) is 0. The molecule has 39 heavy (non-hydrogen) atoms. The molecule has 1 unspecified atom stereocenters. The maximum absolute atomic E-state index is 12.9. The number of nitrogens with zero attached hydrogens (tertiary/aromatic N) is 1. The van der Waals surface area contributed by atoms with Crippen molar-refractivity contribution in [2.75, 3.05) is 11.7 Å². The Labute approximate surface area is 227 Å². The van der Waals surface area contributed by atoms with Crippen molar-refractivity contribution >= 4 is 17.6 Å². The number of amides is 1. The molecule has 4 aromatic carbocycles. The van der Waals surface area contributed by atoms with E-state index in [1.807, 2.05) is 60.7 Å². The number of carbonyl (C=O) groups excluding carboxylic acids is 1. The molecule has 7 nitrogen and oxygen atoms in total. The maximum atomic E-state index is 12.9. The second kappa shape index (κ2) is 11.7. The quantitative estimate of drug-likeness (QED) is 0.292. The molecule has 198 valence electrons. The van der Waals surface area contributed by atoms with Crippen molar-refractivity contribution in [2.45, 2.75) is 32.5 Å². The molecule has 0 saturated carbocycles. The molecular weight excluding hydrogens is 492 g/mol. The van der Waals surface area contributed by atoms with E-state index in [0.717, 1.165) is 33.9 Å². The zero-order chi connectivity index (χ0) is 27.2. The molecule has 0 aromatic heterocycles. The largest absolute Gasteiger partial charge is 0.480 e. The van der Waals surface area contributed by atoms with Crippen molar-refractivity contribution in [3.8, 4) is 11.5 Å². The summed E-state index contributed by atoms with van der Waals surface area (Å²) in [6, 6.07) is 29.9. The Morgan fingerprint density at radius 2 is 1.49 bits per heavy atom. The average Bonchev–Trinajstić information content (AvgIpc) is 3.42. The molecule has 4 aromatic rings. The number of benzene rings is 4. The second-order valence-electron chi connectivity index (χ2n) is 9.63. The van der Waals surface area contributed by atoms with Crippen LogP contribution in [0.4, 0.5) is 5.69 Å². The number of anilines is 1. The van der Waals surface area contributed by atoms with Gasteiger partial charge in [-0.25, -0.2) is 4.79 Å². The Bertz CT molecular complexity index is 1440. The van der Waals surface area contributed by atoms with E-state index in [1.165, 1.54) is 5.56 Å². The number of hydrogen-bond acceptors (Lipinski definition) is 5. The minimum Gasteiger partial charge on any atom is -0.480 e. The van der Waals surface area contributed by atoms with Crippen LogP contribution in [0.15, 0.2) is 97.1 Å². The SMILES string of the molecule is Cc1ccc(N(Cc2ccc(C(=O)NC(Cc3ccccc3)C(=O)O)cc2)Cc2ccc3c(c2)OCO3)cc1. The number of hydrogen-bond donors (Lipinski definition) is 2. The molecule has 5 rings (SSSR count). The fourth-order valence-electron chi connectivity index (χ4n) is 4.53. The first-order valence-corrected chi connectivity index (χ1v) is 12.8. The van der Waals surface area contributed by atoms with Crippen LogP contribution in [0.5, 0.6) is 11.5 Å². The normalized spacial score (nSPS) is 12.5. The summed E-state index contributed by atoms with van der Waals surface area (Å²) in [5.41, 5.74) is 5.63. The summed E-state index contributed by atoms with van der Waals surface area (Å²) >= 11 is 0. The maximum Gasteiger partial charge on any atom is 0.326 e. The Morgan fingerprint density at radius 3 is 2.21 bits per heavy atom. The number of ether oxygens (including phenoxy) is 2. The first-order valence-electron chi connectivity index (χ1n) is 12.8. The predicted molar refractivity (Wildman–Crippen MR) is 149 cm³/mol. The van der Waals surface area contributed by atoms with Crippen LogP contribution in [0.1, 0.15) is 32.6 Å². The Morgan fingerprint density at radius 1 is 0.821 bits per heavy atom. The van der Waals surface area contributed by atoms with Gasteiger partial charge in [0, 0.05) is 30.8 Å². The third kappa shape index (κ3) is 6.57. The third-order valence-corrected chi connectivity index (χ3v) is 6.69. The van der Waals surface area contributed by atoms with E-state index in [1.54, 1.807) is 12.1 Å². The van der Waals surface area contributed by atoms with Gasteiger partial charge in [0.25, 0.3) is 5.91 Å². The van der Waals surface area contributed by atoms with Crippen LogP contribution in [0.25, 0.3) is 0 Å². The first-order chi connectivity index (χ1) is 18.9. The average molecular weight is 523 g/mol.